The summed E-state index contributed by atoms with van der Waals surface area (Å²) >= 11 is 0. The van der Waals surface area contributed by atoms with Crippen LogP contribution >= 0.6 is 9.24 Å². The number of nitrogens with one attached hydrogen (secondary N) is 1. The number of aldehydes is 1. The molecular weight excluding hydrogens is 473 g/mol. The number of carbonyl (C=O) groups is 2. The van der Waals surface area contributed by atoms with E-state index in [2.05, 4.69) is 28.4 Å². The van der Waals surface area contributed by atoms with Crippen LogP contribution < -0.4 is 26.7 Å². The largest absolute Gasteiger partial charge is 0.494 e. The zero-order chi connectivity index (χ0) is 26.2. The van der Waals surface area contributed by atoms with E-state index in [0.717, 1.165) is 30.0 Å². The van der Waals surface area contributed by atoms with Gasteiger partial charge in [0.05, 0.1) is 23.9 Å². The monoisotopic (exact) mass is 507 g/mol. The molecule has 36 heavy (non-hydrogen) atoms. The Morgan fingerprint density at radius 1 is 1.14 bits per heavy atom. The van der Waals surface area contributed by atoms with Crippen molar-refractivity contribution < 1.29 is 14.3 Å². The molecule has 0 saturated heterocycles. The van der Waals surface area contributed by atoms with Gasteiger partial charge in [0.2, 0.25) is 0 Å². The van der Waals surface area contributed by atoms with E-state index in [9.17, 15) is 14.4 Å². The van der Waals surface area contributed by atoms with Crippen molar-refractivity contribution in [2.75, 3.05) is 18.9 Å². The molecule has 0 aliphatic heterocycles. The Morgan fingerprint density at radius 3 is 2.50 bits per heavy atom. The van der Waals surface area contributed by atoms with E-state index in [1.165, 1.54) is 16.7 Å². The van der Waals surface area contributed by atoms with Crippen molar-refractivity contribution in [3.05, 3.63) is 81.6 Å². The number of nitrogens with zero attached hydrogens (tertiary/aromatic N) is 1. The number of rotatable bonds is 12. The van der Waals surface area contributed by atoms with Gasteiger partial charge in [0.25, 0.3) is 5.56 Å². The molecule has 0 aliphatic rings. The maximum atomic E-state index is 13.1. The highest BCUT2D eigenvalue weighted by molar-refractivity contribution is 7.27. The smallest absolute Gasteiger partial charge is 0.256 e. The second kappa shape index (κ2) is 12.6. The number of hydrogen-bond donors (Lipinski definition) is 2. The van der Waals surface area contributed by atoms with E-state index in [-0.39, 0.29) is 28.8 Å². The minimum atomic E-state index is -0.327. The lowest BCUT2D eigenvalue weighted by molar-refractivity contribution is -0.109. The molecular formula is C28H34N3O4P. The van der Waals surface area contributed by atoms with Gasteiger partial charge in [-0.2, -0.15) is 0 Å². The zero-order valence-corrected chi connectivity index (χ0v) is 22.1. The molecule has 3 N–H and O–H groups in total. The van der Waals surface area contributed by atoms with E-state index in [0.29, 0.717) is 36.1 Å². The molecule has 0 aliphatic carbocycles. The minimum Gasteiger partial charge on any atom is -0.494 e. The number of ether oxygens (including phenoxy) is 1. The third-order valence-electron chi connectivity index (χ3n) is 5.89. The fraction of sp³-hybridized carbons (Fsp3) is 0.321. The first-order valence-electron chi connectivity index (χ1n) is 12.1. The number of ketones is 1. The van der Waals surface area contributed by atoms with Crippen molar-refractivity contribution >= 4 is 32.4 Å². The lowest BCUT2D eigenvalue weighted by Gasteiger charge is -2.15. The second-order valence-electron chi connectivity index (χ2n) is 9.23. The highest BCUT2D eigenvalue weighted by Crippen LogP contribution is 2.21. The number of hydrogen-bond acceptors (Lipinski definition) is 6. The van der Waals surface area contributed by atoms with E-state index in [1.807, 2.05) is 19.1 Å². The third kappa shape index (κ3) is 6.90. The molecule has 1 heterocycles. The average Bonchev–Trinajstić information content (AvgIpc) is 2.85. The summed E-state index contributed by atoms with van der Waals surface area (Å²) in [6.45, 7) is 7.27. The normalized spacial score (nSPS) is 11.9. The summed E-state index contributed by atoms with van der Waals surface area (Å²) in [5.41, 5.74) is 8.28. The molecule has 3 aromatic rings. The van der Waals surface area contributed by atoms with Crippen LogP contribution in [-0.4, -0.2) is 35.8 Å². The van der Waals surface area contributed by atoms with Gasteiger partial charge in [-0.3, -0.25) is 14.2 Å². The molecule has 190 valence electrons. The van der Waals surface area contributed by atoms with Crippen LogP contribution in [0.2, 0.25) is 0 Å². The first kappa shape index (κ1) is 27.3. The Kier molecular flexibility index (Phi) is 9.57. The maximum Gasteiger partial charge on any atom is 0.256 e. The van der Waals surface area contributed by atoms with Gasteiger partial charge in [0.15, 0.2) is 5.78 Å². The van der Waals surface area contributed by atoms with Crippen molar-refractivity contribution in [2.45, 2.75) is 39.7 Å². The molecule has 2 atom stereocenters. The molecule has 0 saturated carbocycles. The van der Waals surface area contributed by atoms with E-state index >= 15 is 0 Å². The number of nitrogens with two attached hydrogens (primary N) is 1. The van der Waals surface area contributed by atoms with Crippen LogP contribution in [0.15, 0.2) is 59.4 Å². The Morgan fingerprint density at radius 2 is 1.86 bits per heavy atom. The van der Waals surface area contributed by atoms with Crippen LogP contribution in [0.3, 0.4) is 0 Å². The van der Waals surface area contributed by atoms with Gasteiger partial charge in [-0.1, -0.05) is 26.0 Å². The van der Waals surface area contributed by atoms with Crippen molar-refractivity contribution in [1.29, 1.82) is 0 Å². The average molecular weight is 508 g/mol. The summed E-state index contributed by atoms with van der Waals surface area (Å²) in [5, 5.41) is 4.25. The van der Waals surface area contributed by atoms with E-state index in [4.69, 9.17) is 10.5 Å². The van der Waals surface area contributed by atoms with Gasteiger partial charge < -0.3 is 20.6 Å². The van der Waals surface area contributed by atoms with Crippen LogP contribution in [0.4, 0.5) is 5.82 Å². The summed E-state index contributed by atoms with van der Waals surface area (Å²) in [6, 6.07) is 15.1. The van der Waals surface area contributed by atoms with E-state index < -0.39 is 0 Å². The SMILES string of the molecule is Cc1cc(C(=O)c2ccc(=O)n(-c3ccc(OCCCN[C@H](C=O)CC(C)C)cc3)c2N)ccc1P. The fourth-order valence-corrected chi connectivity index (χ4v) is 4.10. The molecule has 0 bridgehead atoms. The quantitative estimate of drug-likeness (QED) is 0.169. The molecule has 0 fully saturated rings. The second-order valence-corrected chi connectivity index (χ2v) is 9.85. The molecule has 1 aromatic heterocycles. The minimum absolute atomic E-state index is 0.0889. The van der Waals surface area contributed by atoms with Crippen LogP contribution in [-0.2, 0) is 4.79 Å². The van der Waals surface area contributed by atoms with Crippen molar-refractivity contribution in [3.63, 3.8) is 0 Å². The number of carbonyl (C=O) groups excluding carboxylic acids is 2. The van der Waals surface area contributed by atoms with Crippen LogP contribution in [0.5, 0.6) is 5.75 Å². The lowest BCUT2D eigenvalue weighted by atomic mass is 10.0. The van der Waals surface area contributed by atoms with E-state index in [1.54, 1.807) is 30.3 Å². The first-order valence-corrected chi connectivity index (χ1v) is 12.6. The van der Waals surface area contributed by atoms with Gasteiger partial charge in [-0.15, -0.1) is 9.24 Å². The third-order valence-corrected chi connectivity index (χ3v) is 6.54. The molecule has 0 spiro atoms. The standard InChI is InChI=1S/C28H34N3O4P/c1-18(2)15-21(17-32)30-13-4-14-35-23-8-6-22(7-9-23)31-26(33)12-10-24(28(31)29)27(34)20-5-11-25(36)19(3)16-20/h5-12,16-18,21,30H,4,13-15,29,36H2,1-3H3/t21-/m0/s1. The van der Waals surface area contributed by atoms with Crippen molar-refractivity contribution in [3.8, 4) is 11.4 Å². The number of anilines is 1. The molecule has 1 unspecified atom stereocenters. The topological polar surface area (TPSA) is 103 Å². The van der Waals surface area contributed by atoms with Crippen molar-refractivity contribution in [2.24, 2.45) is 5.92 Å². The fourth-order valence-electron chi connectivity index (χ4n) is 3.92. The number of nitrogen functional groups attached to an aromatic ring is 1. The Bertz CT molecular complexity index is 1270. The summed E-state index contributed by atoms with van der Waals surface area (Å²) in [7, 11) is 2.63. The van der Waals surface area contributed by atoms with Crippen LogP contribution in [0.1, 0.15) is 48.2 Å². The number of pyridine rings is 1. The van der Waals surface area contributed by atoms with Gasteiger partial charge >= 0.3 is 0 Å². The molecule has 8 heteroatoms. The zero-order valence-electron chi connectivity index (χ0n) is 21.0. The molecule has 2 aromatic carbocycles. The number of aromatic nitrogens is 1. The number of aryl methyl sites for hydroxylation is 1. The van der Waals surface area contributed by atoms with Gasteiger partial charge in [-0.25, -0.2) is 0 Å². The van der Waals surface area contributed by atoms with Crippen LogP contribution in [0, 0.1) is 12.8 Å². The highest BCUT2D eigenvalue weighted by Gasteiger charge is 2.17. The summed E-state index contributed by atoms with van der Waals surface area (Å²) in [4.78, 5) is 36.9. The predicted octanol–water partition coefficient (Wildman–Crippen LogP) is 3.43. The predicted molar refractivity (Wildman–Crippen MR) is 148 cm³/mol. The Labute approximate surface area is 214 Å². The molecule has 0 amide bonds. The first-order chi connectivity index (χ1) is 17.2. The summed E-state index contributed by atoms with van der Waals surface area (Å²) in [6.07, 6.45) is 2.51. The lowest BCUT2D eigenvalue weighted by Crippen LogP contribution is -2.33. The maximum absolute atomic E-state index is 13.1. The molecule has 3 rings (SSSR count). The summed E-state index contributed by atoms with van der Waals surface area (Å²) < 4.78 is 7.12. The van der Waals surface area contributed by atoms with Gasteiger partial charge in [-0.05, 0) is 79.5 Å². The van der Waals surface area contributed by atoms with Crippen molar-refractivity contribution in [1.82, 2.24) is 9.88 Å². The summed E-state index contributed by atoms with van der Waals surface area (Å²) in [5.74, 6) is 0.952. The molecule has 0 radical (unpaired) electrons. The molecule has 7 nitrogen and oxygen atoms in total. The van der Waals surface area contributed by atoms with Gasteiger partial charge in [0, 0.05) is 11.6 Å². The highest BCUT2D eigenvalue weighted by atomic mass is 31.0. The Balaban J connectivity index is 1.67. The van der Waals surface area contributed by atoms with Crippen LogP contribution in [0.25, 0.3) is 5.69 Å². The number of benzene rings is 2. The Hall–Kier alpha value is -3.28. The van der Waals surface area contributed by atoms with Gasteiger partial charge in [0.1, 0.15) is 17.9 Å².